The summed E-state index contributed by atoms with van der Waals surface area (Å²) in [6.45, 7) is 5.39. The van der Waals surface area contributed by atoms with Gasteiger partial charge in [0, 0.05) is 25.3 Å². The Kier molecular flexibility index (Phi) is 7.56. The van der Waals surface area contributed by atoms with Gasteiger partial charge in [0.05, 0.1) is 13.2 Å². The molecule has 25 heavy (non-hydrogen) atoms. The third-order valence-electron chi connectivity index (χ3n) is 4.87. The lowest BCUT2D eigenvalue weighted by molar-refractivity contribution is 0.0770. The van der Waals surface area contributed by atoms with Gasteiger partial charge >= 0.3 is 0 Å². The Bertz CT molecular complexity index is 563. The van der Waals surface area contributed by atoms with E-state index in [0.717, 1.165) is 18.4 Å². The van der Waals surface area contributed by atoms with E-state index in [4.69, 9.17) is 9.47 Å². The smallest absolute Gasteiger partial charge is 0.254 e. The number of nitrogens with zero attached hydrogens (tertiary/aromatic N) is 1. The number of carbonyl (C=O) groups excluding carboxylic acids is 1. The lowest BCUT2D eigenvalue weighted by Crippen LogP contribution is -2.31. The second kappa shape index (κ2) is 9.66. The van der Waals surface area contributed by atoms with Crippen LogP contribution in [-0.2, 0) is 6.42 Å². The Morgan fingerprint density at radius 2 is 1.88 bits per heavy atom. The number of aliphatic hydroxyl groups excluding tert-OH is 1. The Morgan fingerprint density at radius 1 is 1.20 bits per heavy atom. The molecule has 2 rings (SSSR count). The van der Waals surface area contributed by atoms with E-state index in [1.54, 1.807) is 7.11 Å². The quantitative estimate of drug-likeness (QED) is 0.742. The fourth-order valence-electron chi connectivity index (χ4n) is 3.40. The second-order valence-electron chi connectivity index (χ2n) is 6.49. The number of rotatable bonds is 9. The molecular weight excluding hydrogens is 318 g/mol. The molecule has 1 aromatic rings. The van der Waals surface area contributed by atoms with Gasteiger partial charge in [-0.25, -0.2) is 0 Å². The molecule has 0 heterocycles. The van der Waals surface area contributed by atoms with E-state index in [2.05, 4.69) is 0 Å². The summed E-state index contributed by atoms with van der Waals surface area (Å²) in [6, 6.07) is 3.74. The second-order valence-corrected chi connectivity index (χ2v) is 6.49. The van der Waals surface area contributed by atoms with Crippen LogP contribution in [-0.4, -0.2) is 48.8 Å². The van der Waals surface area contributed by atoms with E-state index < -0.39 is 0 Å². The minimum absolute atomic E-state index is 0.0110. The number of aryl methyl sites for hydroxylation is 1. The van der Waals surface area contributed by atoms with E-state index in [1.165, 1.54) is 12.8 Å². The number of ether oxygens (including phenoxy) is 2. The normalized spacial score (nSPS) is 14.6. The summed E-state index contributed by atoms with van der Waals surface area (Å²) in [7, 11) is 1.62. The van der Waals surface area contributed by atoms with Crippen LogP contribution in [0.2, 0.25) is 0 Å². The Balaban J connectivity index is 2.38. The van der Waals surface area contributed by atoms with Crippen molar-refractivity contribution in [1.82, 2.24) is 4.90 Å². The minimum atomic E-state index is 0.0110. The largest absolute Gasteiger partial charge is 0.493 e. The summed E-state index contributed by atoms with van der Waals surface area (Å²) >= 11 is 0. The number of methoxy groups -OCH3 is 1. The van der Waals surface area contributed by atoms with Crippen LogP contribution in [0.4, 0.5) is 0 Å². The Hall–Kier alpha value is -1.75. The molecule has 0 unspecified atom stereocenters. The molecule has 140 valence electrons. The summed E-state index contributed by atoms with van der Waals surface area (Å²) in [5.41, 5.74) is 1.56. The van der Waals surface area contributed by atoms with Crippen molar-refractivity contribution in [3.63, 3.8) is 0 Å². The molecular formula is C20H31NO4. The van der Waals surface area contributed by atoms with Gasteiger partial charge in [0.2, 0.25) is 0 Å². The van der Waals surface area contributed by atoms with E-state index in [0.29, 0.717) is 43.0 Å². The fraction of sp³-hybridized carbons (Fsp3) is 0.650. The molecule has 1 aliphatic rings. The summed E-state index contributed by atoms with van der Waals surface area (Å²) < 4.78 is 11.7. The van der Waals surface area contributed by atoms with Crippen LogP contribution in [0.25, 0.3) is 0 Å². The zero-order chi connectivity index (χ0) is 18.2. The number of carbonyl (C=O) groups is 1. The Morgan fingerprint density at radius 3 is 2.44 bits per heavy atom. The molecule has 1 saturated carbocycles. The maximum atomic E-state index is 12.9. The summed E-state index contributed by atoms with van der Waals surface area (Å²) in [5, 5.41) is 9.18. The topological polar surface area (TPSA) is 59.0 Å². The van der Waals surface area contributed by atoms with Crippen molar-refractivity contribution in [3.8, 4) is 11.5 Å². The van der Waals surface area contributed by atoms with Gasteiger partial charge in [0.25, 0.3) is 5.91 Å². The molecule has 1 N–H and O–H groups in total. The first-order valence-electron chi connectivity index (χ1n) is 9.42. The molecule has 0 radical (unpaired) electrons. The van der Waals surface area contributed by atoms with E-state index in [1.807, 2.05) is 30.9 Å². The molecule has 0 atom stereocenters. The van der Waals surface area contributed by atoms with Crippen molar-refractivity contribution >= 4 is 5.91 Å². The van der Waals surface area contributed by atoms with Crippen LogP contribution >= 0.6 is 0 Å². The maximum Gasteiger partial charge on any atom is 0.254 e. The number of benzene rings is 1. The van der Waals surface area contributed by atoms with Crippen LogP contribution in [0.3, 0.4) is 0 Å². The first kappa shape index (κ1) is 19.6. The number of hydrogen-bond acceptors (Lipinski definition) is 4. The van der Waals surface area contributed by atoms with Crippen molar-refractivity contribution in [2.24, 2.45) is 0 Å². The van der Waals surface area contributed by atoms with Gasteiger partial charge < -0.3 is 19.5 Å². The molecule has 0 bridgehead atoms. The first-order chi connectivity index (χ1) is 12.1. The Labute approximate surface area is 150 Å². The van der Waals surface area contributed by atoms with Gasteiger partial charge in [-0.3, -0.25) is 4.79 Å². The molecule has 0 saturated heterocycles. The SMILES string of the molecule is CCN(CC)C(=O)c1cc(OC2CCCC2)c(OC)cc1CCCO. The lowest BCUT2D eigenvalue weighted by Gasteiger charge is -2.23. The monoisotopic (exact) mass is 349 g/mol. The van der Waals surface area contributed by atoms with E-state index in [-0.39, 0.29) is 18.6 Å². The van der Waals surface area contributed by atoms with Crippen molar-refractivity contribution in [1.29, 1.82) is 0 Å². The van der Waals surface area contributed by atoms with Crippen molar-refractivity contribution < 1.29 is 19.4 Å². The predicted molar refractivity (Wildman–Crippen MR) is 98.5 cm³/mol. The zero-order valence-corrected chi connectivity index (χ0v) is 15.7. The third kappa shape index (κ3) is 4.88. The molecule has 1 aliphatic carbocycles. The molecule has 5 nitrogen and oxygen atoms in total. The molecule has 0 aromatic heterocycles. The third-order valence-corrected chi connectivity index (χ3v) is 4.87. The van der Waals surface area contributed by atoms with Gasteiger partial charge in [-0.2, -0.15) is 0 Å². The van der Waals surface area contributed by atoms with Gasteiger partial charge in [0.1, 0.15) is 0 Å². The average Bonchev–Trinajstić information content (AvgIpc) is 3.14. The van der Waals surface area contributed by atoms with Gasteiger partial charge in [-0.05, 0) is 70.1 Å². The highest BCUT2D eigenvalue weighted by Gasteiger charge is 2.23. The van der Waals surface area contributed by atoms with Crippen molar-refractivity contribution in [3.05, 3.63) is 23.3 Å². The van der Waals surface area contributed by atoms with Crippen molar-refractivity contribution in [2.45, 2.75) is 58.5 Å². The molecule has 0 spiro atoms. The standard InChI is InChI=1S/C20H31NO4/c1-4-21(5-2)20(23)17-14-19(25-16-10-6-7-11-16)18(24-3)13-15(17)9-8-12-22/h13-14,16,22H,4-12H2,1-3H3. The average molecular weight is 349 g/mol. The number of hydrogen-bond donors (Lipinski definition) is 1. The van der Waals surface area contributed by atoms with E-state index >= 15 is 0 Å². The summed E-state index contributed by atoms with van der Waals surface area (Å²) in [4.78, 5) is 14.8. The molecule has 1 aromatic carbocycles. The van der Waals surface area contributed by atoms with Gasteiger partial charge in [-0.1, -0.05) is 0 Å². The fourth-order valence-corrected chi connectivity index (χ4v) is 3.40. The maximum absolute atomic E-state index is 12.9. The number of amides is 1. The van der Waals surface area contributed by atoms with Crippen LogP contribution in [0.1, 0.15) is 61.9 Å². The minimum Gasteiger partial charge on any atom is -0.493 e. The molecule has 1 fully saturated rings. The predicted octanol–water partition coefficient (Wildman–Crippen LogP) is 3.42. The summed E-state index contributed by atoms with van der Waals surface area (Å²) in [6.07, 6.45) is 5.93. The van der Waals surface area contributed by atoms with Crippen LogP contribution in [0, 0.1) is 0 Å². The van der Waals surface area contributed by atoms with Crippen LogP contribution in [0.5, 0.6) is 11.5 Å². The molecule has 5 heteroatoms. The van der Waals surface area contributed by atoms with Gasteiger partial charge in [0.15, 0.2) is 11.5 Å². The van der Waals surface area contributed by atoms with Gasteiger partial charge in [-0.15, -0.1) is 0 Å². The first-order valence-corrected chi connectivity index (χ1v) is 9.42. The summed E-state index contributed by atoms with van der Waals surface area (Å²) in [5.74, 6) is 1.32. The highest BCUT2D eigenvalue weighted by atomic mass is 16.5. The highest BCUT2D eigenvalue weighted by Crippen LogP contribution is 2.35. The zero-order valence-electron chi connectivity index (χ0n) is 15.7. The van der Waals surface area contributed by atoms with Crippen LogP contribution < -0.4 is 9.47 Å². The van der Waals surface area contributed by atoms with Crippen molar-refractivity contribution in [2.75, 3.05) is 26.8 Å². The highest BCUT2D eigenvalue weighted by molar-refractivity contribution is 5.96. The van der Waals surface area contributed by atoms with Crippen LogP contribution in [0.15, 0.2) is 12.1 Å². The lowest BCUT2D eigenvalue weighted by atomic mass is 10.0. The number of aliphatic hydroxyl groups is 1. The molecule has 1 amide bonds. The molecule has 0 aliphatic heterocycles. The van der Waals surface area contributed by atoms with E-state index in [9.17, 15) is 9.90 Å².